The van der Waals surface area contributed by atoms with Crippen molar-refractivity contribution in [2.24, 2.45) is 0 Å². The first-order valence-electron chi connectivity index (χ1n) is 8.31. The number of rotatable bonds is 6. The summed E-state index contributed by atoms with van der Waals surface area (Å²) >= 11 is 1.30. The Morgan fingerprint density at radius 2 is 2.11 bits per heavy atom. The number of thioether (sulfide) groups is 1. The van der Waals surface area contributed by atoms with Gasteiger partial charge in [-0.3, -0.25) is 19.3 Å². The average Bonchev–Trinajstić information content (AvgIpc) is 2.69. The largest absolute Gasteiger partial charge is 0.497 e. The Hall–Kier alpha value is -3.01. The number of amides is 2. The third-order valence-corrected chi connectivity index (χ3v) is 5.66. The van der Waals surface area contributed by atoms with Gasteiger partial charge in [-0.15, -0.1) is 11.8 Å². The van der Waals surface area contributed by atoms with E-state index in [1.165, 1.54) is 25.8 Å². The third-order valence-electron chi connectivity index (χ3n) is 4.32. The van der Waals surface area contributed by atoms with E-state index in [-0.39, 0.29) is 18.1 Å². The van der Waals surface area contributed by atoms with Crippen LogP contribution in [0.25, 0.3) is 0 Å². The molecule has 2 amide bonds. The first kappa shape index (κ1) is 19.7. The van der Waals surface area contributed by atoms with Crippen LogP contribution < -0.4 is 10.1 Å². The van der Waals surface area contributed by atoms with Gasteiger partial charge in [0.05, 0.1) is 7.11 Å². The van der Waals surface area contributed by atoms with Crippen LogP contribution in [0.3, 0.4) is 0 Å². The molecule has 0 aromatic heterocycles. The van der Waals surface area contributed by atoms with E-state index < -0.39 is 35.2 Å². The number of β-lactam (4-membered cyclic amide) rings is 1. The number of hydrogen-bond acceptors (Lipinski definition) is 7. The molecule has 1 saturated heterocycles. The molecule has 0 radical (unpaired) electrons. The minimum Gasteiger partial charge on any atom is -0.497 e. The molecule has 28 heavy (non-hydrogen) atoms. The van der Waals surface area contributed by atoms with Crippen LogP contribution in [0, 0.1) is 0 Å². The number of nitrogens with zero attached hydrogens (tertiary/aromatic N) is 1. The second-order valence-electron chi connectivity index (χ2n) is 6.13. The van der Waals surface area contributed by atoms with Gasteiger partial charge >= 0.3 is 11.9 Å². The number of fused-ring (bicyclic) bond motifs is 1. The van der Waals surface area contributed by atoms with Gasteiger partial charge in [0.25, 0.3) is 11.8 Å². The molecule has 2 aliphatic heterocycles. The molecular formula is C18H18N2O7S. The van der Waals surface area contributed by atoms with Crippen molar-refractivity contribution in [3.05, 3.63) is 41.1 Å². The van der Waals surface area contributed by atoms with Crippen LogP contribution in [0.5, 0.6) is 5.75 Å². The number of methoxy groups -OCH3 is 1. The molecule has 10 heteroatoms. The van der Waals surface area contributed by atoms with Gasteiger partial charge in [-0.2, -0.15) is 0 Å². The maximum Gasteiger partial charge on any atom is 0.352 e. The van der Waals surface area contributed by atoms with E-state index in [0.717, 1.165) is 4.90 Å². The van der Waals surface area contributed by atoms with Crippen molar-refractivity contribution in [1.29, 1.82) is 0 Å². The number of nitrogens with one attached hydrogen (secondary N) is 1. The SMILES string of the molecule is COc1cccc(C(=O)N[C@@H]2C(=O)N3C(C(=O)O)=C(COC(C)=O)CS[C@@H]23)c1. The highest BCUT2D eigenvalue weighted by molar-refractivity contribution is 8.00. The zero-order valence-corrected chi connectivity index (χ0v) is 15.9. The summed E-state index contributed by atoms with van der Waals surface area (Å²) in [4.78, 5) is 48.8. The summed E-state index contributed by atoms with van der Waals surface area (Å²) in [5, 5.41) is 11.6. The fraction of sp³-hybridized carbons (Fsp3) is 0.333. The van der Waals surface area contributed by atoms with Crippen molar-refractivity contribution in [2.75, 3.05) is 19.5 Å². The molecule has 2 heterocycles. The van der Waals surface area contributed by atoms with Crippen LogP contribution in [0.1, 0.15) is 17.3 Å². The number of carbonyl (C=O) groups excluding carboxylic acids is 3. The quantitative estimate of drug-likeness (QED) is 0.521. The van der Waals surface area contributed by atoms with Crippen molar-refractivity contribution in [1.82, 2.24) is 10.2 Å². The number of carboxylic acids is 1. The lowest BCUT2D eigenvalue weighted by molar-refractivity contribution is -0.149. The summed E-state index contributed by atoms with van der Waals surface area (Å²) in [6, 6.07) is 5.65. The van der Waals surface area contributed by atoms with Crippen molar-refractivity contribution < 1.29 is 33.8 Å². The van der Waals surface area contributed by atoms with Crippen molar-refractivity contribution >= 4 is 35.5 Å². The Morgan fingerprint density at radius 3 is 2.75 bits per heavy atom. The van der Waals surface area contributed by atoms with E-state index in [1.54, 1.807) is 24.3 Å². The highest BCUT2D eigenvalue weighted by Crippen LogP contribution is 2.40. The molecule has 2 atom stereocenters. The number of carbonyl (C=O) groups is 4. The zero-order chi connectivity index (χ0) is 20.4. The third kappa shape index (κ3) is 3.68. The van der Waals surface area contributed by atoms with Crippen LogP contribution in [-0.4, -0.2) is 64.6 Å². The van der Waals surface area contributed by atoms with Gasteiger partial charge in [0.1, 0.15) is 29.5 Å². The monoisotopic (exact) mass is 406 g/mol. The Morgan fingerprint density at radius 1 is 1.36 bits per heavy atom. The summed E-state index contributed by atoms with van der Waals surface area (Å²) in [5.74, 6) is -2.02. The molecule has 148 valence electrons. The molecule has 1 aromatic carbocycles. The molecule has 0 saturated carbocycles. The summed E-state index contributed by atoms with van der Waals surface area (Å²) in [5.41, 5.74) is 0.479. The summed E-state index contributed by atoms with van der Waals surface area (Å²) < 4.78 is 9.97. The van der Waals surface area contributed by atoms with Gasteiger partial charge in [-0.25, -0.2) is 4.79 Å². The predicted molar refractivity (Wildman–Crippen MR) is 98.6 cm³/mol. The van der Waals surface area contributed by atoms with Gasteiger partial charge < -0.3 is 19.9 Å². The highest BCUT2D eigenvalue weighted by atomic mass is 32.2. The summed E-state index contributed by atoms with van der Waals surface area (Å²) in [7, 11) is 1.48. The molecule has 0 aliphatic carbocycles. The van der Waals surface area contributed by atoms with Gasteiger partial charge in [0.2, 0.25) is 0 Å². The summed E-state index contributed by atoms with van der Waals surface area (Å²) in [6.45, 7) is 1.03. The minimum absolute atomic E-state index is 0.193. The molecule has 0 spiro atoms. The number of benzene rings is 1. The average molecular weight is 406 g/mol. The number of carboxylic acid groups (broad SMARTS) is 1. The summed E-state index contributed by atoms with van der Waals surface area (Å²) in [6.07, 6.45) is 0. The van der Waals surface area contributed by atoms with Crippen LogP contribution in [0.4, 0.5) is 0 Å². The fourth-order valence-corrected chi connectivity index (χ4v) is 4.30. The molecule has 0 unspecified atom stereocenters. The van der Waals surface area contributed by atoms with Crippen molar-refractivity contribution in [3.8, 4) is 5.75 Å². The van der Waals surface area contributed by atoms with E-state index in [2.05, 4.69) is 5.32 Å². The maximum atomic E-state index is 12.6. The van der Waals surface area contributed by atoms with Crippen LogP contribution in [0.2, 0.25) is 0 Å². The van der Waals surface area contributed by atoms with E-state index >= 15 is 0 Å². The molecule has 3 rings (SSSR count). The molecule has 1 aromatic rings. The Bertz CT molecular complexity index is 882. The van der Waals surface area contributed by atoms with E-state index in [0.29, 0.717) is 16.9 Å². The van der Waals surface area contributed by atoms with Crippen molar-refractivity contribution in [3.63, 3.8) is 0 Å². The van der Waals surface area contributed by atoms with Crippen LogP contribution in [-0.2, 0) is 19.1 Å². The Kier molecular flexibility index (Phi) is 5.59. The smallest absolute Gasteiger partial charge is 0.352 e. The zero-order valence-electron chi connectivity index (χ0n) is 15.1. The second kappa shape index (κ2) is 7.93. The lowest BCUT2D eigenvalue weighted by Gasteiger charge is -2.49. The van der Waals surface area contributed by atoms with E-state index in [1.807, 2.05) is 0 Å². The Balaban J connectivity index is 1.75. The van der Waals surface area contributed by atoms with Crippen molar-refractivity contribution in [2.45, 2.75) is 18.3 Å². The highest BCUT2D eigenvalue weighted by Gasteiger charge is 2.54. The minimum atomic E-state index is -1.28. The predicted octanol–water partition coefficient (Wildman–Crippen LogP) is 0.610. The van der Waals surface area contributed by atoms with E-state index in [9.17, 15) is 24.3 Å². The number of hydrogen-bond donors (Lipinski definition) is 2. The first-order chi connectivity index (χ1) is 13.3. The van der Waals surface area contributed by atoms with Crippen LogP contribution >= 0.6 is 11.8 Å². The second-order valence-corrected chi connectivity index (χ2v) is 7.24. The normalized spacial score (nSPS) is 20.8. The fourth-order valence-electron chi connectivity index (χ4n) is 2.97. The van der Waals surface area contributed by atoms with E-state index in [4.69, 9.17) is 9.47 Å². The first-order valence-corrected chi connectivity index (χ1v) is 9.36. The standard InChI is InChI=1S/C18H18N2O7S/c1-9(21)27-7-11-8-28-17-13(16(23)20(17)14(11)18(24)25)19-15(22)10-4-3-5-12(6-10)26-2/h3-6,13,17H,7-8H2,1-2H3,(H,19,22)(H,24,25)/t13-,17+/m1/s1. The molecule has 0 bridgehead atoms. The van der Waals surface area contributed by atoms with Gasteiger partial charge in [0.15, 0.2) is 0 Å². The van der Waals surface area contributed by atoms with Crippen LogP contribution in [0.15, 0.2) is 35.5 Å². The molecule has 2 N–H and O–H groups in total. The molecular weight excluding hydrogens is 388 g/mol. The van der Waals surface area contributed by atoms with Gasteiger partial charge in [-0.1, -0.05) is 6.07 Å². The Labute approximate surface area is 164 Å². The topological polar surface area (TPSA) is 122 Å². The number of ether oxygens (including phenoxy) is 2. The number of esters is 1. The van der Waals surface area contributed by atoms with Gasteiger partial charge in [0, 0.05) is 23.8 Å². The molecule has 2 aliphatic rings. The lowest BCUT2D eigenvalue weighted by atomic mass is 10.0. The number of aliphatic carboxylic acids is 1. The molecule has 1 fully saturated rings. The molecule has 9 nitrogen and oxygen atoms in total. The van der Waals surface area contributed by atoms with Gasteiger partial charge in [-0.05, 0) is 18.2 Å². The maximum absolute atomic E-state index is 12.6. The lowest BCUT2D eigenvalue weighted by Crippen LogP contribution is -2.70.